The van der Waals surface area contributed by atoms with E-state index < -0.39 is 0 Å². The number of methoxy groups -OCH3 is 1. The predicted molar refractivity (Wildman–Crippen MR) is 106 cm³/mol. The molecule has 0 unspecified atom stereocenters. The van der Waals surface area contributed by atoms with Crippen LogP contribution in [-0.4, -0.2) is 82.3 Å². The van der Waals surface area contributed by atoms with E-state index in [1.54, 1.807) is 9.58 Å². The number of ether oxygens (including phenoxy) is 2. The molecule has 1 aliphatic rings. The molecule has 3 aromatic rings. The van der Waals surface area contributed by atoms with Crippen molar-refractivity contribution in [1.29, 1.82) is 0 Å². The fourth-order valence-electron chi connectivity index (χ4n) is 3.37. The van der Waals surface area contributed by atoms with Crippen LogP contribution in [-0.2, 0) is 9.53 Å². The molecule has 1 fully saturated rings. The Kier molecular flexibility index (Phi) is 5.52. The zero-order valence-electron chi connectivity index (χ0n) is 16.5. The van der Waals surface area contributed by atoms with Crippen molar-refractivity contribution in [2.75, 3.05) is 51.4 Å². The molecule has 0 spiro atoms. The highest BCUT2D eigenvalue weighted by Crippen LogP contribution is 2.24. The van der Waals surface area contributed by atoms with Crippen LogP contribution in [0.25, 0.3) is 16.9 Å². The van der Waals surface area contributed by atoms with Crippen LogP contribution in [0.2, 0.25) is 0 Å². The molecule has 2 aromatic heterocycles. The number of hydrogen-bond acceptors (Lipinski definition) is 8. The minimum Gasteiger partial charge on any atom is -0.494 e. The van der Waals surface area contributed by atoms with E-state index in [4.69, 9.17) is 9.47 Å². The average Bonchev–Trinajstić information content (AvgIpc) is 3.19. The Morgan fingerprint density at radius 2 is 1.86 bits per heavy atom. The van der Waals surface area contributed by atoms with Crippen LogP contribution < -0.4 is 9.64 Å². The molecule has 1 saturated heterocycles. The quantitative estimate of drug-likeness (QED) is 0.605. The topological polar surface area (TPSA) is 98.5 Å². The van der Waals surface area contributed by atoms with E-state index in [1.807, 2.05) is 31.2 Å². The summed E-state index contributed by atoms with van der Waals surface area (Å²) < 4.78 is 12.1. The Bertz CT molecular complexity index is 981. The molecule has 0 aliphatic carbocycles. The summed E-state index contributed by atoms with van der Waals surface area (Å²) in [6, 6.07) is 7.62. The fourth-order valence-corrected chi connectivity index (χ4v) is 3.37. The van der Waals surface area contributed by atoms with Gasteiger partial charge in [0.25, 0.3) is 0 Å². The summed E-state index contributed by atoms with van der Waals surface area (Å²) in [7, 11) is 1.53. The smallest absolute Gasteiger partial charge is 0.248 e. The molecule has 1 aliphatic heterocycles. The van der Waals surface area contributed by atoms with E-state index in [1.165, 1.54) is 13.4 Å². The Labute approximate surface area is 168 Å². The average molecular weight is 397 g/mol. The Morgan fingerprint density at radius 1 is 1.10 bits per heavy atom. The molecule has 29 heavy (non-hydrogen) atoms. The van der Waals surface area contributed by atoms with E-state index in [9.17, 15) is 4.79 Å². The van der Waals surface area contributed by atoms with Gasteiger partial charge in [-0.05, 0) is 31.2 Å². The molecule has 0 radical (unpaired) electrons. The first-order chi connectivity index (χ1) is 14.2. The van der Waals surface area contributed by atoms with Gasteiger partial charge in [0.05, 0.1) is 12.3 Å². The second-order valence-corrected chi connectivity index (χ2v) is 6.60. The van der Waals surface area contributed by atoms with Crippen molar-refractivity contribution in [1.82, 2.24) is 29.9 Å². The van der Waals surface area contributed by atoms with Gasteiger partial charge in [0.15, 0.2) is 17.0 Å². The van der Waals surface area contributed by atoms with E-state index in [-0.39, 0.29) is 12.5 Å². The third-order valence-electron chi connectivity index (χ3n) is 4.81. The summed E-state index contributed by atoms with van der Waals surface area (Å²) in [5.74, 6) is 1.53. The standard InChI is InChI=1S/C19H23N7O3/c1-3-29-15-6-4-14(5-7-15)26-19-17(22-23-26)18(20-13-21-19)25-10-8-24(9-11-25)16(27)12-28-2/h4-7,13H,3,8-12H2,1-2H3. The molecule has 3 heterocycles. The maximum Gasteiger partial charge on any atom is 0.248 e. The van der Waals surface area contributed by atoms with Gasteiger partial charge in [-0.2, -0.15) is 4.68 Å². The van der Waals surface area contributed by atoms with E-state index in [0.29, 0.717) is 43.9 Å². The molecule has 0 saturated carbocycles. The number of rotatable bonds is 6. The fraction of sp³-hybridized carbons (Fsp3) is 0.421. The molecular formula is C19H23N7O3. The molecule has 4 rings (SSSR count). The molecule has 1 amide bonds. The van der Waals surface area contributed by atoms with Crippen molar-refractivity contribution in [2.45, 2.75) is 6.92 Å². The third kappa shape index (κ3) is 3.83. The van der Waals surface area contributed by atoms with Crippen molar-refractivity contribution < 1.29 is 14.3 Å². The zero-order valence-corrected chi connectivity index (χ0v) is 16.5. The molecule has 0 N–H and O–H groups in total. The van der Waals surface area contributed by atoms with Gasteiger partial charge in [0, 0.05) is 33.3 Å². The zero-order chi connectivity index (χ0) is 20.2. The SMILES string of the molecule is CCOc1ccc(-n2nnc3c(N4CCN(C(=O)COC)CC4)ncnc32)cc1. The summed E-state index contributed by atoms with van der Waals surface area (Å²) in [6.45, 7) is 5.22. The number of carbonyl (C=O) groups is 1. The van der Waals surface area contributed by atoms with Gasteiger partial charge in [0.1, 0.15) is 18.7 Å². The number of piperazine rings is 1. The number of aromatic nitrogens is 5. The molecule has 152 valence electrons. The predicted octanol–water partition coefficient (Wildman–Crippen LogP) is 0.904. The Balaban J connectivity index is 1.56. The lowest BCUT2D eigenvalue weighted by Gasteiger charge is -2.35. The summed E-state index contributed by atoms with van der Waals surface area (Å²) >= 11 is 0. The van der Waals surface area contributed by atoms with Gasteiger partial charge in [0.2, 0.25) is 5.91 Å². The second-order valence-electron chi connectivity index (χ2n) is 6.60. The minimum atomic E-state index is 0.00132. The highest BCUT2D eigenvalue weighted by molar-refractivity contribution is 5.84. The van der Waals surface area contributed by atoms with Gasteiger partial charge in [-0.25, -0.2) is 9.97 Å². The van der Waals surface area contributed by atoms with Crippen LogP contribution in [0.3, 0.4) is 0 Å². The van der Waals surface area contributed by atoms with Gasteiger partial charge < -0.3 is 19.3 Å². The van der Waals surface area contributed by atoms with Gasteiger partial charge in [-0.1, -0.05) is 5.21 Å². The van der Waals surface area contributed by atoms with Gasteiger partial charge in [-0.15, -0.1) is 5.10 Å². The lowest BCUT2D eigenvalue weighted by atomic mass is 10.3. The normalized spacial score (nSPS) is 14.4. The highest BCUT2D eigenvalue weighted by atomic mass is 16.5. The number of fused-ring (bicyclic) bond motifs is 1. The van der Waals surface area contributed by atoms with Crippen LogP contribution in [0.5, 0.6) is 5.75 Å². The summed E-state index contributed by atoms with van der Waals surface area (Å²) in [6.07, 6.45) is 1.52. The molecule has 1 aromatic carbocycles. The summed E-state index contributed by atoms with van der Waals surface area (Å²) in [5, 5.41) is 8.61. The lowest BCUT2D eigenvalue weighted by molar-refractivity contribution is -0.135. The van der Waals surface area contributed by atoms with E-state index >= 15 is 0 Å². The van der Waals surface area contributed by atoms with Crippen LogP contribution in [0, 0.1) is 0 Å². The van der Waals surface area contributed by atoms with Crippen molar-refractivity contribution in [3.8, 4) is 11.4 Å². The molecule has 10 nitrogen and oxygen atoms in total. The van der Waals surface area contributed by atoms with Gasteiger partial charge in [-0.3, -0.25) is 4.79 Å². The van der Waals surface area contributed by atoms with Crippen molar-refractivity contribution in [3.05, 3.63) is 30.6 Å². The lowest BCUT2D eigenvalue weighted by Crippen LogP contribution is -2.50. The molecule has 10 heteroatoms. The number of nitrogens with zero attached hydrogens (tertiary/aromatic N) is 7. The van der Waals surface area contributed by atoms with Crippen LogP contribution in [0.1, 0.15) is 6.92 Å². The van der Waals surface area contributed by atoms with Crippen molar-refractivity contribution >= 4 is 22.9 Å². The summed E-state index contributed by atoms with van der Waals surface area (Å²) in [5.41, 5.74) is 2.12. The first-order valence-electron chi connectivity index (χ1n) is 9.52. The number of amides is 1. The second kappa shape index (κ2) is 8.39. The van der Waals surface area contributed by atoms with Crippen molar-refractivity contribution in [3.63, 3.8) is 0 Å². The van der Waals surface area contributed by atoms with Crippen molar-refractivity contribution in [2.24, 2.45) is 0 Å². The number of benzene rings is 1. The maximum absolute atomic E-state index is 12.0. The minimum absolute atomic E-state index is 0.00132. The van der Waals surface area contributed by atoms with Crippen LogP contribution in [0.15, 0.2) is 30.6 Å². The number of anilines is 1. The van der Waals surface area contributed by atoms with Crippen LogP contribution in [0.4, 0.5) is 5.82 Å². The molecule has 0 atom stereocenters. The summed E-state index contributed by atoms with van der Waals surface area (Å²) in [4.78, 5) is 24.7. The maximum atomic E-state index is 12.0. The Hall–Kier alpha value is -3.27. The first kappa shape index (κ1) is 19.1. The highest BCUT2D eigenvalue weighted by Gasteiger charge is 2.24. The number of carbonyl (C=O) groups excluding carboxylic acids is 1. The van der Waals surface area contributed by atoms with E-state index in [2.05, 4.69) is 25.2 Å². The third-order valence-corrected chi connectivity index (χ3v) is 4.81. The van der Waals surface area contributed by atoms with E-state index in [0.717, 1.165) is 17.3 Å². The first-order valence-corrected chi connectivity index (χ1v) is 9.52. The molecule has 0 bridgehead atoms. The number of hydrogen-bond donors (Lipinski definition) is 0. The van der Waals surface area contributed by atoms with Gasteiger partial charge >= 0.3 is 0 Å². The Morgan fingerprint density at radius 3 is 2.55 bits per heavy atom. The largest absolute Gasteiger partial charge is 0.494 e. The monoisotopic (exact) mass is 397 g/mol. The molecular weight excluding hydrogens is 374 g/mol. The van der Waals surface area contributed by atoms with Crippen LogP contribution >= 0.6 is 0 Å².